The SMILES string of the molecule is CCCCCOC(=O)C1CC2CC(OC(=O)C3CC=CCC3)C1C2. The summed E-state index contributed by atoms with van der Waals surface area (Å²) in [7, 11) is 0. The van der Waals surface area contributed by atoms with E-state index in [1.807, 2.05) is 0 Å². The number of hydrogen-bond donors (Lipinski definition) is 0. The molecule has 134 valence electrons. The zero-order valence-corrected chi connectivity index (χ0v) is 14.7. The van der Waals surface area contributed by atoms with Crippen LogP contribution in [-0.2, 0) is 19.1 Å². The van der Waals surface area contributed by atoms with Gasteiger partial charge in [-0.15, -0.1) is 0 Å². The van der Waals surface area contributed by atoms with E-state index in [4.69, 9.17) is 9.47 Å². The summed E-state index contributed by atoms with van der Waals surface area (Å²) >= 11 is 0. The molecule has 4 heteroatoms. The molecule has 0 amide bonds. The van der Waals surface area contributed by atoms with Gasteiger partial charge >= 0.3 is 11.9 Å². The quantitative estimate of drug-likeness (QED) is 0.401. The van der Waals surface area contributed by atoms with Crippen LogP contribution in [0.5, 0.6) is 0 Å². The molecule has 0 aromatic heterocycles. The third-order valence-electron chi connectivity index (χ3n) is 5.92. The van der Waals surface area contributed by atoms with E-state index < -0.39 is 0 Å². The number of fused-ring (bicyclic) bond motifs is 2. The summed E-state index contributed by atoms with van der Waals surface area (Å²) in [6, 6.07) is 0. The van der Waals surface area contributed by atoms with Gasteiger partial charge in [0.15, 0.2) is 0 Å². The molecule has 0 radical (unpaired) electrons. The number of ether oxygens (including phenoxy) is 2. The first-order valence-corrected chi connectivity index (χ1v) is 9.71. The molecule has 2 bridgehead atoms. The average Bonchev–Trinajstić information content (AvgIpc) is 3.19. The van der Waals surface area contributed by atoms with E-state index in [9.17, 15) is 9.59 Å². The van der Waals surface area contributed by atoms with E-state index in [0.29, 0.717) is 12.5 Å². The summed E-state index contributed by atoms with van der Waals surface area (Å²) < 4.78 is 11.3. The number of allylic oxidation sites excluding steroid dienone is 2. The third kappa shape index (κ3) is 4.01. The van der Waals surface area contributed by atoms with E-state index in [-0.39, 0.29) is 35.8 Å². The smallest absolute Gasteiger partial charge is 0.309 e. The van der Waals surface area contributed by atoms with Crippen molar-refractivity contribution in [3.63, 3.8) is 0 Å². The van der Waals surface area contributed by atoms with E-state index in [0.717, 1.165) is 57.8 Å². The van der Waals surface area contributed by atoms with Gasteiger partial charge in [-0.05, 0) is 50.9 Å². The number of rotatable bonds is 7. The molecule has 4 nitrogen and oxygen atoms in total. The Bertz CT molecular complexity index is 484. The Morgan fingerprint density at radius 2 is 1.96 bits per heavy atom. The standard InChI is InChI=1S/C20H30O4/c1-2-3-7-10-23-20(22)17-12-14-11-16(17)18(13-14)24-19(21)15-8-5-4-6-9-15/h4-5,14-18H,2-3,6-13H2,1H3. The van der Waals surface area contributed by atoms with Crippen LogP contribution in [0.1, 0.15) is 64.7 Å². The summed E-state index contributed by atoms with van der Waals surface area (Å²) in [6.07, 6.45) is 12.8. The predicted octanol–water partition coefficient (Wildman–Crippen LogP) is 4.03. The highest BCUT2D eigenvalue weighted by molar-refractivity contribution is 5.75. The lowest BCUT2D eigenvalue weighted by Gasteiger charge is -2.29. The van der Waals surface area contributed by atoms with Crippen molar-refractivity contribution < 1.29 is 19.1 Å². The molecule has 0 spiro atoms. The Morgan fingerprint density at radius 3 is 2.67 bits per heavy atom. The lowest BCUT2D eigenvalue weighted by Crippen LogP contribution is -2.36. The molecule has 3 aliphatic carbocycles. The summed E-state index contributed by atoms with van der Waals surface area (Å²) in [5.74, 6) is 0.513. The van der Waals surface area contributed by atoms with Crippen molar-refractivity contribution in [3.8, 4) is 0 Å². The molecule has 0 aliphatic heterocycles. The van der Waals surface area contributed by atoms with Crippen molar-refractivity contribution in [2.45, 2.75) is 70.8 Å². The van der Waals surface area contributed by atoms with Crippen LogP contribution in [-0.4, -0.2) is 24.6 Å². The van der Waals surface area contributed by atoms with Gasteiger partial charge in [0.25, 0.3) is 0 Å². The molecule has 5 unspecified atom stereocenters. The Morgan fingerprint density at radius 1 is 1.08 bits per heavy atom. The molecule has 5 atom stereocenters. The number of hydrogen-bond acceptors (Lipinski definition) is 4. The highest BCUT2D eigenvalue weighted by Gasteiger charge is 2.51. The van der Waals surface area contributed by atoms with E-state index in [2.05, 4.69) is 19.1 Å². The minimum atomic E-state index is -0.0738. The maximum Gasteiger partial charge on any atom is 0.309 e. The predicted molar refractivity (Wildman–Crippen MR) is 91.2 cm³/mol. The first-order chi connectivity index (χ1) is 11.7. The Labute approximate surface area is 145 Å². The summed E-state index contributed by atoms with van der Waals surface area (Å²) in [6.45, 7) is 2.66. The van der Waals surface area contributed by atoms with E-state index >= 15 is 0 Å². The van der Waals surface area contributed by atoms with Gasteiger partial charge in [-0.25, -0.2) is 0 Å². The normalized spacial score (nSPS) is 34.3. The highest BCUT2D eigenvalue weighted by Crippen LogP contribution is 2.50. The van der Waals surface area contributed by atoms with Crippen molar-refractivity contribution in [3.05, 3.63) is 12.2 Å². The first kappa shape index (κ1) is 17.5. The molecule has 3 aliphatic rings. The lowest BCUT2D eigenvalue weighted by atomic mass is 9.86. The molecule has 0 saturated heterocycles. The molecule has 3 rings (SSSR count). The maximum atomic E-state index is 12.4. The molecule has 0 heterocycles. The van der Waals surface area contributed by atoms with Gasteiger partial charge in [0.2, 0.25) is 0 Å². The number of carbonyl (C=O) groups excluding carboxylic acids is 2. The van der Waals surface area contributed by atoms with Gasteiger partial charge in [-0.2, -0.15) is 0 Å². The van der Waals surface area contributed by atoms with Gasteiger partial charge in [-0.1, -0.05) is 31.9 Å². The van der Waals surface area contributed by atoms with E-state index in [1.165, 1.54) is 0 Å². The first-order valence-electron chi connectivity index (χ1n) is 9.71. The summed E-state index contributed by atoms with van der Waals surface area (Å²) in [4.78, 5) is 24.7. The van der Waals surface area contributed by atoms with Crippen LogP contribution < -0.4 is 0 Å². The van der Waals surface area contributed by atoms with Crippen LogP contribution in [0.25, 0.3) is 0 Å². The zero-order valence-electron chi connectivity index (χ0n) is 14.7. The Kier molecular flexibility index (Phi) is 5.96. The third-order valence-corrected chi connectivity index (χ3v) is 5.92. The minimum Gasteiger partial charge on any atom is -0.465 e. The maximum absolute atomic E-state index is 12.4. The van der Waals surface area contributed by atoms with Gasteiger partial charge < -0.3 is 9.47 Å². The topological polar surface area (TPSA) is 52.6 Å². The fourth-order valence-corrected chi connectivity index (χ4v) is 4.58. The molecule has 0 aromatic rings. The van der Waals surface area contributed by atoms with Crippen LogP contribution in [0.2, 0.25) is 0 Å². The fourth-order valence-electron chi connectivity index (χ4n) is 4.58. The zero-order chi connectivity index (χ0) is 16.9. The summed E-state index contributed by atoms with van der Waals surface area (Å²) in [5.41, 5.74) is 0. The van der Waals surface area contributed by atoms with E-state index in [1.54, 1.807) is 0 Å². The molecular weight excluding hydrogens is 304 g/mol. The van der Waals surface area contributed by atoms with Crippen molar-refractivity contribution in [1.29, 1.82) is 0 Å². The van der Waals surface area contributed by atoms with Crippen LogP contribution in [0.15, 0.2) is 12.2 Å². The second-order valence-electron chi connectivity index (χ2n) is 7.67. The molecular formula is C20H30O4. The van der Waals surface area contributed by atoms with Crippen LogP contribution in [0.4, 0.5) is 0 Å². The highest BCUT2D eigenvalue weighted by atomic mass is 16.5. The van der Waals surface area contributed by atoms with Crippen LogP contribution in [0, 0.1) is 23.7 Å². The average molecular weight is 334 g/mol. The fraction of sp³-hybridized carbons (Fsp3) is 0.800. The largest absolute Gasteiger partial charge is 0.465 e. The minimum absolute atomic E-state index is 0.00794. The second-order valence-corrected chi connectivity index (χ2v) is 7.67. The number of unbranched alkanes of at least 4 members (excludes halogenated alkanes) is 2. The van der Waals surface area contributed by atoms with Gasteiger partial charge in [0.1, 0.15) is 6.10 Å². The van der Waals surface area contributed by atoms with Gasteiger partial charge in [0, 0.05) is 5.92 Å². The molecule has 0 aromatic carbocycles. The molecule has 24 heavy (non-hydrogen) atoms. The molecule has 2 fully saturated rings. The van der Waals surface area contributed by atoms with Gasteiger partial charge in [-0.3, -0.25) is 9.59 Å². The Balaban J connectivity index is 1.49. The number of esters is 2. The lowest BCUT2D eigenvalue weighted by molar-refractivity contribution is -0.163. The number of carbonyl (C=O) groups is 2. The molecule has 0 N–H and O–H groups in total. The van der Waals surface area contributed by atoms with Crippen molar-refractivity contribution in [2.24, 2.45) is 23.7 Å². The summed E-state index contributed by atoms with van der Waals surface area (Å²) in [5, 5.41) is 0. The van der Waals surface area contributed by atoms with Gasteiger partial charge in [0.05, 0.1) is 18.4 Å². The van der Waals surface area contributed by atoms with Crippen molar-refractivity contribution in [1.82, 2.24) is 0 Å². The second kappa shape index (κ2) is 8.17. The Hall–Kier alpha value is -1.32. The monoisotopic (exact) mass is 334 g/mol. The molecule has 2 saturated carbocycles. The van der Waals surface area contributed by atoms with Crippen molar-refractivity contribution in [2.75, 3.05) is 6.61 Å². The van der Waals surface area contributed by atoms with Crippen molar-refractivity contribution >= 4 is 11.9 Å². The van der Waals surface area contributed by atoms with Crippen LogP contribution >= 0.6 is 0 Å². The van der Waals surface area contributed by atoms with Crippen LogP contribution in [0.3, 0.4) is 0 Å².